The van der Waals surface area contributed by atoms with Crippen LogP contribution in [0, 0.1) is 6.92 Å². The third-order valence-corrected chi connectivity index (χ3v) is 5.03. The maximum absolute atomic E-state index is 12.6. The summed E-state index contributed by atoms with van der Waals surface area (Å²) < 4.78 is 11.5. The van der Waals surface area contributed by atoms with Crippen LogP contribution in [0.2, 0.25) is 0 Å². The van der Waals surface area contributed by atoms with Gasteiger partial charge >= 0.3 is 0 Å². The predicted molar refractivity (Wildman–Crippen MR) is 98.3 cm³/mol. The summed E-state index contributed by atoms with van der Waals surface area (Å²) in [5.41, 5.74) is 1.69. The number of furan rings is 1. The highest BCUT2D eigenvalue weighted by molar-refractivity contribution is 5.35. The Bertz CT molecular complexity index is 834. The van der Waals surface area contributed by atoms with E-state index in [4.69, 9.17) is 14.1 Å². The van der Waals surface area contributed by atoms with E-state index in [1.165, 1.54) is 0 Å². The quantitative estimate of drug-likeness (QED) is 0.902. The Morgan fingerprint density at radius 2 is 2.04 bits per heavy atom. The van der Waals surface area contributed by atoms with Crippen molar-refractivity contribution >= 4 is 5.95 Å². The van der Waals surface area contributed by atoms with Crippen LogP contribution < -0.4 is 10.5 Å². The van der Waals surface area contributed by atoms with E-state index in [1.807, 2.05) is 32.9 Å². The molecule has 7 nitrogen and oxygen atoms in total. The molecule has 0 aromatic carbocycles. The van der Waals surface area contributed by atoms with Gasteiger partial charge in [0.15, 0.2) is 0 Å². The SMILES string of the molecule is Cc1ccc(CN2CCc3c(nc(N4C[C@H](C)O[C@@H](C)C4)[nH]c3=O)C2)o1. The summed E-state index contributed by atoms with van der Waals surface area (Å²) in [6.07, 6.45) is 0.964. The number of ether oxygens (including phenoxy) is 1. The van der Waals surface area contributed by atoms with Gasteiger partial charge in [0.2, 0.25) is 5.95 Å². The first-order valence-electron chi connectivity index (χ1n) is 9.28. The number of nitrogens with one attached hydrogen (secondary N) is 1. The summed E-state index contributed by atoms with van der Waals surface area (Å²) in [5.74, 6) is 2.53. The number of anilines is 1. The van der Waals surface area contributed by atoms with Gasteiger partial charge in [-0.15, -0.1) is 0 Å². The number of aryl methyl sites for hydroxylation is 1. The molecule has 0 radical (unpaired) electrons. The minimum absolute atomic E-state index is 0.00899. The van der Waals surface area contributed by atoms with Crippen molar-refractivity contribution in [1.29, 1.82) is 0 Å². The molecular formula is C19H26N4O3. The van der Waals surface area contributed by atoms with Crippen LogP contribution in [0.5, 0.6) is 0 Å². The zero-order valence-corrected chi connectivity index (χ0v) is 15.6. The first-order valence-corrected chi connectivity index (χ1v) is 9.28. The topological polar surface area (TPSA) is 74.6 Å². The van der Waals surface area contributed by atoms with Crippen LogP contribution in [0.3, 0.4) is 0 Å². The van der Waals surface area contributed by atoms with Crippen molar-refractivity contribution in [3.8, 4) is 0 Å². The molecule has 2 atom stereocenters. The van der Waals surface area contributed by atoms with Gasteiger partial charge in [-0.05, 0) is 39.3 Å². The highest BCUT2D eigenvalue weighted by Crippen LogP contribution is 2.21. The lowest BCUT2D eigenvalue weighted by Crippen LogP contribution is -2.47. The lowest BCUT2D eigenvalue weighted by molar-refractivity contribution is -0.00576. The van der Waals surface area contributed by atoms with Gasteiger partial charge in [0.25, 0.3) is 5.56 Å². The average Bonchev–Trinajstić information content (AvgIpc) is 2.98. The Morgan fingerprint density at radius 3 is 2.73 bits per heavy atom. The van der Waals surface area contributed by atoms with E-state index in [2.05, 4.69) is 14.8 Å². The van der Waals surface area contributed by atoms with Crippen molar-refractivity contribution in [3.05, 3.63) is 45.3 Å². The fourth-order valence-corrected chi connectivity index (χ4v) is 3.91. The van der Waals surface area contributed by atoms with Gasteiger partial charge in [0, 0.05) is 31.7 Å². The summed E-state index contributed by atoms with van der Waals surface area (Å²) in [7, 11) is 0. The molecule has 1 saturated heterocycles. The van der Waals surface area contributed by atoms with Crippen LogP contribution in [-0.4, -0.2) is 46.7 Å². The lowest BCUT2D eigenvalue weighted by atomic mass is 10.1. The van der Waals surface area contributed by atoms with Gasteiger partial charge in [-0.3, -0.25) is 14.7 Å². The van der Waals surface area contributed by atoms with Crippen molar-refractivity contribution < 1.29 is 9.15 Å². The highest BCUT2D eigenvalue weighted by atomic mass is 16.5. The fourth-order valence-electron chi connectivity index (χ4n) is 3.91. The summed E-state index contributed by atoms with van der Waals surface area (Å²) in [5, 5.41) is 0. The summed E-state index contributed by atoms with van der Waals surface area (Å²) >= 11 is 0. The average molecular weight is 358 g/mol. The van der Waals surface area contributed by atoms with E-state index in [1.54, 1.807) is 0 Å². The highest BCUT2D eigenvalue weighted by Gasteiger charge is 2.27. The molecular weight excluding hydrogens is 332 g/mol. The van der Waals surface area contributed by atoms with Crippen LogP contribution in [0.15, 0.2) is 21.3 Å². The monoisotopic (exact) mass is 358 g/mol. The summed E-state index contributed by atoms with van der Waals surface area (Å²) in [4.78, 5) is 24.8. The second kappa shape index (κ2) is 6.89. The van der Waals surface area contributed by atoms with Gasteiger partial charge in [0.05, 0.1) is 24.4 Å². The molecule has 0 saturated carbocycles. The van der Waals surface area contributed by atoms with Crippen molar-refractivity contribution in [1.82, 2.24) is 14.9 Å². The summed E-state index contributed by atoms with van der Waals surface area (Å²) in [6.45, 7) is 9.76. The molecule has 2 aliphatic rings. The van der Waals surface area contributed by atoms with E-state index in [0.29, 0.717) is 18.9 Å². The Morgan fingerprint density at radius 1 is 1.27 bits per heavy atom. The fraction of sp³-hybridized carbons (Fsp3) is 0.579. The number of hydrogen-bond acceptors (Lipinski definition) is 6. The third-order valence-electron chi connectivity index (χ3n) is 5.03. The zero-order valence-electron chi connectivity index (χ0n) is 15.6. The minimum atomic E-state index is -0.00899. The van der Waals surface area contributed by atoms with E-state index in [9.17, 15) is 4.79 Å². The number of nitrogens with zero attached hydrogens (tertiary/aromatic N) is 3. The first kappa shape index (κ1) is 17.3. The number of rotatable bonds is 3. The Balaban J connectivity index is 1.55. The summed E-state index contributed by atoms with van der Waals surface area (Å²) in [6, 6.07) is 3.99. The molecule has 2 aromatic heterocycles. The number of fused-ring (bicyclic) bond motifs is 1. The molecule has 0 unspecified atom stereocenters. The molecule has 0 bridgehead atoms. The van der Waals surface area contributed by atoms with Gasteiger partial charge in [-0.1, -0.05) is 0 Å². The van der Waals surface area contributed by atoms with E-state index in [0.717, 1.165) is 49.0 Å². The van der Waals surface area contributed by atoms with E-state index < -0.39 is 0 Å². The molecule has 4 heterocycles. The van der Waals surface area contributed by atoms with Crippen molar-refractivity contribution in [2.24, 2.45) is 0 Å². The first-order chi connectivity index (χ1) is 12.5. The maximum atomic E-state index is 12.6. The second-order valence-corrected chi connectivity index (χ2v) is 7.45. The molecule has 2 aromatic rings. The van der Waals surface area contributed by atoms with Crippen molar-refractivity contribution in [2.45, 2.75) is 52.5 Å². The molecule has 1 N–H and O–H groups in total. The Kier molecular flexibility index (Phi) is 4.58. The maximum Gasteiger partial charge on any atom is 0.255 e. The second-order valence-electron chi connectivity index (χ2n) is 7.45. The van der Waals surface area contributed by atoms with Gasteiger partial charge in [-0.25, -0.2) is 4.98 Å². The Hall–Kier alpha value is -2.12. The third kappa shape index (κ3) is 3.54. The largest absolute Gasteiger partial charge is 0.465 e. The zero-order chi connectivity index (χ0) is 18.3. The molecule has 4 rings (SSSR count). The number of morpholine rings is 1. The normalized spacial score (nSPS) is 23.9. The van der Waals surface area contributed by atoms with Crippen LogP contribution in [-0.2, 0) is 24.2 Å². The molecule has 2 aliphatic heterocycles. The minimum Gasteiger partial charge on any atom is -0.465 e. The number of aromatic nitrogens is 2. The van der Waals surface area contributed by atoms with Crippen LogP contribution in [0.4, 0.5) is 5.95 Å². The van der Waals surface area contributed by atoms with Gasteiger partial charge in [-0.2, -0.15) is 0 Å². The number of H-pyrrole nitrogens is 1. The van der Waals surface area contributed by atoms with Gasteiger partial charge in [0.1, 0.15) is 11.5 Å². The van der Waals surface area contributed by atoms with Crippen molar-refractivity contribution in [2.75, 3.05) is 24.5 Å². The molecule has 1 fully saturated rings. The van der Waals surface area contributed by atoms with E-state index >= 15 is 0 Å². The van der Waals surface area contributed by atoms with Crippen LogP contribution in [0.1, 0.15) is 36.6 Å². The molecule has 7 heteroatoms. The van der Waals surface area contributed by atoms with Gasteiger partial charge < -0.3 is 14.1 Å². The molecule has 26 heavy (non-hydrogen) atoms. The van der Waals surface area contributed by atoms with Crippen LogP contribution >= 0.6 is 0 Å². The number of aromatic amines is 1. The van der Waals surface area contributed by atoms with E-state index in [-0.39, 0.29) is 17.8 Å². The lowest BCUT2D eigenvalue weighted by Gasteiger charge is -2.36. The molecule has 140 valence electrons. The predicted octanol–water partition coefficient (Wildman–Crippen LogP) is 1.84. The number of hydrogen-bond donors (Lipinski definition) is 1. The Labute approximate surface area is 153 Å². The smallest absolute Gasteiger partial charge is 0.255 e. The molecule has 0 amide bonds. The van der Waals surface area contributed by atoms with Crippen LogP contribution in [0.25, 0.3) is 0 Å². The molecule has 0 spiro atoms. The van der Waals surface area contributed by atoms with Crippen molar-refractivity contribution in [3.63, 3.8) is 0 Å². The standard InChI is InChI=1S/C19H26N4O3/c1-12-4-5-15(26-12)10-22-7-6-16-17(11-22)20-19(21-18(16)24)23-8-13(2)25-14(3)9-23/h4-5,13-14H,6-11H2,1-3H3,(H,20,21,24)/t13-,14-/m0/s1. The molecule has 0 aliphatic carbocycles.